The van der Waals surface area contributed by atoms with E-state index in [0.29, 0.717) is 48.1 Å². The van der Waals surface area contributed by atoms with E-state index < -0.39 is 16.1 Å². The molecule has 8 nitrogen and oxygen atoms in total. The van der Waals surface area contributed by atoms with Gasteiger partial charge in [0.05, 0.1) is 23.7 Å². The molecule has 1 fully saturated rings. The number of carbonyl (C=O) groups is 1. The summed E-state index contributed by atoms with van der Waals surface area (Å²) in [5.41, 5.74) is 3.96. The Morgan fingerprint density at radius 2 is 1.68 bits per heavy atom. The Morgan fingerprint density at radius 3 is 2.38 bits per heavy atom. The van der Waals surface area contributed by atoms with Gasteiger partial charge in [-0.15, -0.1) is 0 Å². The molecule has 1 aliphatic rings. The fraction of sp³-hybridized carbons (Fsp3) is 0.321. The molecule has 37 heavy (non-hydrogen) atoms. The number of sulfonamides is 1. The highest BCUT2D eigenvalue weighted by Gasteiger charge is 2.32. The van der Waals surface area contributed by atoms with Gasteiger partial charge >= 0.3 is 0 Å². The van der Waals surface area contributed by atoms with E-state index in [2.05, 4.69) is 5.32 Å². The highest BCUT2D eigenvalue weighted by molar-refractivity contribution is 7.89. The fourth-order valence-electron chi connectivity index (χ4n) is 4.78. The van der Waals surface area contributed by atoms with Gasteiger partial charge in [-0.3, -0.25) is 9.69 Å². The molecule has 1 amide bonds. The summed E-state index contributed by atoms with van der Waals surface area (Å²) in [5, 5.41) is 4.87. The first-order valence-corrected chi connectivity index (χ1v) is 13.7. The van der Waals surface area contributed by atoms with Gasteiger partial charge in [0.25, 0.3) is 0 Å². The molecule has 0 unspecified atom stereocenters. The van der Waals surface area contributed by atoms with Crippen molar-refractivity contribution < 1.29 is 22.4 Å². The smallest absolute Gasteiger partial charge is 0.243 e. The van der Waals surface area contributed by atoms with Crippen molar-refractivity contribution in [3.8, 4) is 5.75 Å². The summed E-state index contributed by atoms with van der Waals surface area (Å²) >= 11 is 0. The molecule has 0 bridgehead atoms. The van der Waals surface area contributed by atoms with Crippen LogP contribution in [0.3, 0.4) is 0 Å². The van der Waals surface area contributed by atoms with Crippen molar-refractivity contribution in [1.29, 1.82) is 0 Å². The molecule has 194 valence electrons. The highest BCUT2D eigenvalue weighted by atomic mass is 32.2. The third-order valence-electron chi connectivity index (χ3n) is 7.27. The van der Waals surface area contributed by atoms with Gasteiger partial charge in [-0.25, -0.2) is 8.42 Å². The van der Waals surface area contributed by atoms with E-state index in [1.54, 1.807) is 25.3 Å². The number of piperazine rings is 1. The molecule has 9 heteroatoms. The van der Waals surface area contributed by atoms with Crippen LogP contribution in [0.1, 0.15) is 18.1 Å². The third kappa shape index (κ3) is 4.70. The van der Waals surface area contributed by atoms with Crippen LogP contribution >= 0.6 is 0 Å². The monoisotopic (exact) mass is 521 g/mol. The molecule has 2 heterocycles. The molecule has 1 atom stereocenters. The van der Waals surface area contributed by atoms with Crippen LogP contribution in [0.5, 0.6) is 5.75 Å². The molecule has 3 aromatic carbocycles. The van der Waals surface area contributed by atoms with Crippen molar-refractivity contribution in [2.45, 2.75) is 31.7 Å². The average Bonchev–Trinajstić information content (AvgIpc) is 3.26. The van der Waals surface area contributed by atoms with Gasteiger partial charge in [0, 0.05) is 43.0 Å². The molecule has 0 spiro atoms. The lowest BCUT2D eigenvalue weighted by molar-refractivity contribution is -0.121. The van der Waals surface area contributed by atoms with Gasteiger partial charge < -0.3 is 14.5 Å². The minimum atomic E-state index is -3.58. The van der Waals surface area contributed by atoms with Crippen molar-refractivity contribution in [3.63, 3.8) is 0 Å². The molecule has 5 rings (SSSR count). The molecule has 0 saturated carbocycles. The second kappa shape index (κ2) is 9.81. The summed E-state index contributed by atoms with van der Waals surface area (Å²) in [6, 6.07) is 16.2. The Hall–Kier alpha value is -3.40. The molecule has 1 aromatic heterocycles. The van der Waals surface area contributed by atoms with E-state index >= 15 is 0 Å². The fourth-order valence-corrected chi connectivity index (χ4v) is 6.28. The number of fused-ring (bicyclic) bond motifs is 3. The number of hydrogen-bond acceptors (Lipinski definition) is 6. The van der Waals surface area contributed by atoms with Crippen LogP contribution in [0.15, 0.2) is 63.9 Å². The van der Waals surface area contributed by atoms with Crippen LogP contribution in [0.2, 0.25) is 0 Å². The lowest BCUT2D eigenvalue weighted by atomic mass is 10.1. The number of anilines is 1. The number of nitrogens with zero attached hydrogens (tertiary/aromatic N) is 2. The van der Waals surface area contributed by atoms with E-state index in [-0.39, 0.29) is 5.91 Å². The van der Waals surface area contributed by atoms with Crippen molar-refractivity contribution in [3.05, 3.63) is 65.7 Å². The number of furan rings is 1. The van der Waals surface area contributed by atoms with Crippen LogP contribution < -0.4 is 10.1 Å². The zero-order valence-electron chi connectivity index (χ0n) is 21.4. The maximum absolute atomic E-state index is 13.2. The maximum atomic E-state index is 13.2. The van der Waals surface area contributed by atoms with E-state index in [4.69, 9.17) is 9.15 Å². The number of nitrogens with one attached hydrogen (secondary N) is 1. The Bertz CT molecular complexity index is 1590. The number of carbonyl (C=O) groups excluding carboxylic acids is 1. The first-order chi connectivity index (χ1) is 17.7. The van der Waals surface area contributed by atoms with Crippen molar-refractivity contribution in [2.24, 2.45) is 0 Å². The van der Waals surface area contributed by atoms with Gasteiger partial charge in [0.2, 0.25) is 15.9 Å². The summed E-state index contributed by atoms with van der Waals surface area (Å²) in [7, 11) is -2.01. The van der Waals surface area contributed by atoms with Gasteiger partial charge in [-0.1, -0.05) is 24.3 Å². The van der Waals surface area contributed by atoms with E-state index in [1.165, 1.54) is 4.31 Å². The third-order valence-corrected chi connectivity index (χ3v) is 9.17. The molecule has 0 radical (unpaired) electrons. The largest absolute Gasteiger partial charge is 0.495 e. The Kier molecular flexibility index (Phi) is 6.70. The minimum absolute atomic E-state index is 0.195. The second-order valence-electron chi connectivity index (χ2n) is 9.50. The standard InChI is InChI=1S/C28H31N3O5S/c1-18-9-10-21(15-19(18)2)37(33,34)31-13-11-30(12-14-31)20(3)28(32)29-24-17-26-23(16-27(24)35-4)22-7-5-6-8-25(22)36-26/h5-10,15-17,20H,11-14H2,1-4H3,(H,29,32)/t20-/m1/s1. The van der Waals surface area contributed by atoms with E-state index in [1.807, 2.05) is 62.1 Å². The first kappa shape index (κ1) is 25.3. The number of benzene rings is 3. The number of methoxy groups -OCH3 is 1. The molecular weight excluding hydrogens is 490 g/mol. The Labute approximate surface area is 216 Å². The second-order valence-corrected chi connectivity index (χ2v) is 11.4. The van der Waals surface area contributed by atoms with Crippen LogP contribution in [0, 0.1) is 13.8 Å². The zero-order valence-corrected chi connectivity index (χ0v) is 22.3. The van der Waals surface area contributed by atoms with Gasteiger partial charge in [0.15, 0.2) is 0 Å². The lowest BCUT2D eigenvalue weighted by Gasteiger charge is -2.36. The Balaban J connectivity index is 1.28. The molecule has 1 saturated heterocycles. The zero-order chi connectivity index (χ0) is 26.3. The predicted molar refractivity (Wildman–Crippen MR) is 145 cm³/mol. The van der Waals surface area contributed by atoms with Crippen molar-refractivity contribution in [2.75, 3.05) is 38.6 Å². The summed E-state index contributed by atoms with van der Waals surface area (Å²) < 4.78 is 39.3. The van der Waals surface area contributed by atoms with Crippen molar-refractivity contribution in [1.82, 2.24) is 9.21 Å². The van der Waals surface area contributed by atoms with E-state index in [0.717, 1.165) is 27.5 Å². The van der Waals surface area contributed by atoms with Crippen LogP contribution in [0.4, 0.5) is 5.69 Å². The molecular formula is C28H31N3O5S. The topological polar surface area (TPSA) is 92.1 Å². The summed E-state index contributed by atoms with van der Waals surface area (Å²) in [5.74, 6) is 0.350. The SMILES string of the molecule is COc1cc2c(cc1NC(=O)[C@@H](C)N1CCN(S(=O)(=O)c3ccc(C)c(C)c3)CC1)oc1ccccc12. The molecule has 1 N–H and O–H groups in total. The maximum Gasteiger partial charge on any atom is 0.243 e. The Morgan fingerprint density at radius 1 is 0.946 bits per heavy atom. The summed E-state index contributed by atoms with van der Waals surface area (Å²) in [4.78, 5) is 15.5. The van der Waals surface area contributed by atoms with Gasteiger partial charge in [-0.05, 0) is 56.2 Å². The van der Waals surface area contributed by atoms with E-state index in [9.17, 15) is 13.2 Å². The number of hydrogen-bond donors (Lipinski definition) is 1. The lowest BCUT2D eigenvalue weighted by Crippen LogP contribution is -2.53. The normalized spacial score (nSPS) is 16.2. The number of amides is 1. The van der Waals surface area contributed by atoms with Crippen molar-refractivity contribution >= 4 is 43.6 Å². The number of ether oxygens (including phenoxy) is 1. The number of para-hydroxylation sites is 1. The average molecular weight is 522 g/mol. The quantitative estimate of drug-likeness (QED) is 0.400. The predicted octanol–water partition coefficient (Wildman–Crippen LogP) is 4.54. The van der Waals surface area contributed by atoms with Gasteiger partial charge in [0.1, 0.15) is 16.9 Å². The summed E-state index contributed by atoms with van der Waals surface area (Å²) in [6.45, 7) is 7.25. The molecule has 4 aromatic rings. The highest BCUT2D eigenvalue weighted by Crippen LogP contribution is 2.36. The number of aryl methyl sites for hydroxylation is 2. The number of rotatable bonds is 6. The van der Waals surface area contributed by atoms with Crippen LogP contribution in [0.25, 0.3) is 21.9 Å². The molecule has 0 aliphatic carbocycles. The van der Waals surface area contributed by atoms with Crippen LogP contribution in [-0.2, 0) is 14.8 Å². The van der Waals surface area contributed by atoms with Gasteiger partial charge in [-0.2, -0.15) is 4.31 Å². The first-order valence-electron chi connectivity index (χ1n) is 12.3. The molecule has 1 aliphatic heterocycles. The minimum Gasteiger partial charge on any atom is -0.495 e. The summed E-state index contributed by atoms with van der Waals surface area (Å²) in [6.07, 6.45) is 0. The van der Waals surface area contributed by atoms with Crippen LogP contribution in [-0.4, -0.2) is 62.9 Å².